The lowest BCUT2D eigenvalue weighted by atomic mass is 10.1. The van der Waals surface area contributed by atoms with Gasteiger partial charge >= 0.3 is 0 Å². The maximum Gasteiger partial charge on any atom is 0.255 e. The molecule has 1 aromatic heterocycles. The van der Waals surface area contributed by atoms with E-state index >= 15 is 0 Å². The van der Waals surface area contributed by atoms with Crippen molar-refractivity contribution in [1.29, 1.82) is 0 Å². The summed E-state index contributed by atoms with van der Waals surface area (Å²) in [7, 11) is 1.92. The van der Waals surface area contributed by atoms with E-state index in [2.05, 4.69) is 33.8 Å². The lowest BCUT2D eigenvalue weighted by Gasteiger charge is -2.13. The number of carbonyl (C=O) groups excluding carboxylic acids is 1. The molecule has 0 bridgehead atoms. The van der Waals surface area contributed by atoms with Crippen molar-refractivity contribution in [2.24, 2.45) is 7.05 Å². The van der Waals surface area contributed by atoms with Gasteiger partial charge in [0.05, 0.1) is 0 Å². The van der Waals surface area contributed by atoms with Gasteiger partial charge in [-0.2, -0.15) is 0 Å². The summed E-state index contributed by atoms with van der Waals surface area (Å²) in [5.41, 5.74) is 3.52. The van der Waals surface area contributed by atoms with Gasteiger partial charge in [0.15, 0.2) is 5.16 Å². The Morgan fingerprint density at radius 1 is 1.19 bits per heavy atom. The zero-order valence-electron chi connectivity index (χ0n) is 15.6. The van der Waals surface area contributed by atoms with Crippen LogP contribution in [0.25, 0.3) is 0 Å². The maximum atomic E-state index is 12.5. The molecule has 0 aliphatic carbocycles. The van der Waals surface area contributed by atoms with Gasteiger partial charge in [-0.05, 0) is 55.8 Å². The second kappa shape index (κ2) is 8.73. The van der Waals surface area contributed by atoms with Crippen molar-refractivity contribution in [1.82, 2.24) is 14.8 Å². The number of anilines is 2. The Morgan fingerprint density at radius 3 is 2.63 bits per heavy atom. The van der Waals surface area contributed by atoms with Gasteiger partial charge in [-0.3, -0.25) is 4.79 Å². The van der Waals surface area contributed by atoms with E-state index in [4.69, 9.17) is 0 Å². The predicted molar refractivity (Wildman–Crippen MR) is 110 cm³/mol. The summed E-state index contributed by atoms with van der Waals surface area (Å²) in [5.74, 6) is -0.121. The quantitative estimate of drug-likeness (QED) is 0.595. The first kappa shape index (κ1) is 19.0. The number of amides is 1. The smallest absolute Gasteiger partial charge is 0.255 e. The molecule has 0 spiro atoms. The number of thioether (sulfide) groups is 1. The Labute approximate surface area is 163 Å². The summed E-state index contributed by atoms with van der Waals surface area (Å²) in [5, 5.41) is 15.3. The van der Waals surface area contributed by atoms with Gasteiger partial charge in [-0.1, -0.05) is 23.9 Å². The fourth-order valence-corrected chi connectivity index (χ4v) is 3.53. The van der Waals surface area contributed by atoms with Gasteiger partial charge in [-0.25, -0.2) is 0 Å². The number of hydrogen-bond donors (Lipinski definition) is 2. The third kappa shape index (κ3) is 4.89. The fraction of sp³-hybridized carbons (Fsp3) is 0.250. The third-order valence-corrected chi connectivity index (χ3v) is 5.30. The maximum absolute atomic E-state index is 12.5. The van der Waals surface area contributed by atoms with Crippen LogP contribution in [-0.2, 0) is 7.05 Å². The highest BCUT2D eigenvalue weighted by atomic mass is 32.2. The van der Waals surface area contributed by atoms with Crippen LogP contribution in [0.1, 0.15) is 35.0 Å². The van der Waals surface area contributed by atoms with Crippen LogP contribution in [0, 0.1) is 0 Å². The zero-order valence-corrected chi connectivity index (χ0v) is 16.5. The fourth-order valence-electron chi connectivity index (χ4n) is 2.62. The number of aromatic nitrogens is 3. The molecule has 1 atom stereocenters. The summed E-state index contributed by atoms with van der Waals surface area (Å²) < 4.78 is 1.89. The Kier molecular flexibility index (Phi) is 6.13. The van der Waals surface area contributed by atoms with Crippen molar-refractivity contribution < 1.29 is 4.79 Å². The first-order valence-electron chi connectivity index (χ1n) is 8.82. The van der Waals surface area contributed by atoms with E-state index in [0.29, 0.717) is 5.56 Å². The second-order valence-electron chi connectivity index (χ2n) is 6.17. The van der Waals surface area contributed by atoms with Crippen LogP contribution >= 0.6 is 11.8 Å². The molecule has 3 rings (SSSR count). The molecule has 0 radical (unpaired) electrons. The van der Waals surface area contributed by atoms with Gasteiger partial charge in [0.25, 0.3) is 5.91 Å². The van der Waals surface area contributed by atoms with Crippen LogP contribution in [0.2, 0.25) is 0 Å². The Bertz CT molecular complexity index is 907. The van der Waals surface area contributed by atoms with Gasteiger partial charge in [0.1, 0.15) is 6.33 Å². The van der Waals surface area contributed by atoms with Gasteiger partial charge < -0.3 is 15.2 Å². The normalized spacial score (nSPS) is 11.8. The topological polar surface area (TPSA) is 71.8 Å². The molecule has 2 aromatic carbocycles. The molecule has 7 heteroatoms. The van der Waals surface area contributed by atoms with Crippen molar-refractivity contribution in [3.8, 4) is 0 Å². The van der Waals surface area contributed by atoms with E-state index in [0.717, 1.165) is 28.6 Å². The molecule has 27 heavy (non-hydrogen) atoms. The molecule has 3 aromatic rings. The van der Waals surface area contributed by atoms with E-state index in [1.165, 1.54) is 0 Å². The molecule has 0 aliphatic heterocycles. The number of benzene rings is 2. The average molecular weight is 382 g/mol. The molecular formula is C20H23N5OS. The van der Waals surface area contributed by atoms with Gasteiger partial charge in [0.2, 0.25) is 0 Å². The van der Waals surface area contributed by atoms with E-state index < -0.39 is 0 Å². The lowest BCUT2D eigenvalue weighted by molar-refractivity contribution is 0.102. The highest BCUT2D eigenvalue weighted by molar-refractivity contribution is 7.99. The van der Waals surface area contributed by atoms with Crippen molar-refractivity contribution in [3.63, 3.8) is 0 Å². The monoisotopic (exact) mass is 381 g/mol. The van der Waals surface area contributed by atoms with Crippen LogP contribution in [0.4, 0.5) is 11.4 Å². The van der Waals surface area contributed by atoms with Gasteiger partial charge in [0, 0.05) is 35.8 Å². The van der Waals surface area contributed by atoms with Crippen LogP contribution in [0.5, 0.6) is 0 Å². The minimum absolute atomic E-state index is 0.121. The third-order valence-electron chi connectivity index (χ3n) is 4.09. The molecule has 1 amide bonds. The minimum Gasteiger partial charge on any atom is -0.385 e. The average Bonchev–Trinajstić information content (AvgIpc) is 3.07. The van der Waals surface area contributed by atoms with E-state index in [-0.39, 0.29) is 11.2 Å². The second-order valence-corrected chi connectivity index (χ2v) is 7.48. The van der Waals surface area contributed by atoms with Crippen LogP contribution in [0.15, 0.2) is 60.0 Å². The Balaban J connectivity index is 1.67. The van der Waals surface area contributed by atoms with Crippen LogP contribution in [-0.4, -0.2) is 27.2 Å². The van der Waals surface area contributed by atoms with E-state index in [1.54, 1.807) is 18.1 Å². The molecular weight excluding hydrogens is 358 g/mol. The SMILES string of the molecule is CCNc1ccc(C(=O)Nc2cccc(C(C)Sc3nncn3C)c2)cc1. The van der Waals surface area contributed by atoms with Crippen LogP contribution < -0.4 is 10.6 Å². The first-order chi connectivity index (χ1) is 13.1. The summed E-state index contributed by atoms with van der Waals surface area (Å²) in [4.78, 5) is 12.5. The number of aryl methyl sites for hydroxylation is 1. The number of rotatable bonds is 7. The largest absolute Gasteiger partial charge is 0.385 e. The molecule has 2 N–H and O–H groups in total. The molecule has 1 unspecified atom stereocenters. The van der Waals surface area contributed by atoms with E-state index in [9.17, 15) is 4.79 Å². The zero-order chi connectivity index (χ0) is 19.2. The Morgan fingerprint density at radius 2 is 1.96 bits per heavy atom. The predicted octanol–water partition coefficient (Wildman–Crippen LogP) is 4.35. The molecule has 6 nitrogen and oxygen atoms in total. The van der Waals surface area contributed by atoms with Crippen molar-refractivity contribution >= 4 is 29.0 Å². The number of nitrogens with one attached hydrogen (secondary N) is 2. The molecule has 140 valence electrons. The number of hydrogen-bond acceptors (Lipinski definition) is 5. The number of carbonyl (C=O) groups is 1. The summed E-state index contributed by atoms with van der Waals surface area (Å²) in [6.07, 6.45) is 1.69. The molecule has 0 fully saturated rings. The van der Waals surface area contributed by atoms with Crippen molar-refractivity contribution in [2.45, 2.75) is 24.3 Å². The molecule has 0 aliphatic rings. The molecule has 0 saturated heterocycles. The van der Waals surface area contributed by atoms with Crippen molar-refractivity contribution in [2.75, 3.05) is 17.2 Å². The van der Waals surface area contributed by atoms with Crippen molar-refractivity contribution in [3.05, 3.63) is 66.0 Å². The lowest BCUT2D eigenvalue weighted by Crippen LogP contribution is -2.12. The highest BCUT2D eigenvalue weighted by Crippen LogP contribution is 2.34. The van der Waals surface area contributed by atoms with Crippen LogP contribution in [0.3, 0.4) is 0 Å². The van der Waals surface area contributed by atoms with E-state index in [1.807, 2.05) is 61.0 Å². The standard InChI is InChI=1S/C20H23N5OS/c1-4-21-17-10-8-15(9-11-17)19(26)23-18-7-5-6-16(12-18)14(2)27-20-24-22-13-25(20)3/h5-14,21H,4H2,1-3H3,(H,23,26). The summed E-state index contributed by atoms with van der Waals surface area (Å²) in [6, 6.07) is 15.4. The number of nitrogens with zero attached hydrogens (tertiary/aromatic N) is 3. The summed E-state index contributed by atoms with van der Waals surface area (Å²) >= 11 is 1.63. The molecule has 0 saturated carbocycles. The molecule has 1 heterocycles. The first-order valence-corrected chi connectivity index (χ1v) is 9.70. The summed E-state index contributed by atoms with van der Waals surface area (Å²) in [6.45, 7) is 5.00. The highest BCUT2D eigenvalue weighted by Gasteiger charge is 2.13. The minimum atomic E-state index is -0.121. The van der Waals surface area contributed by atoms with Gasteiger partial charge in [-0.15, -0.1) is 10.2 Å². The Hall–Kier alpha value is -2.80.